The number of nitrogens with zero attached hydrogens (tertiary/aromatic N) is 1. The van der Waals surface area contributed by atoms with Crippen LogP contribution in [0.2, 0.25) is 0 Å². The van der Waals surface area contributed by atoms with E-state index in [0.29, 0.717) is 24.5 Å². The van der Waals surface area contributed by atoms with Crippen molar-refractivity contribution in [1.82, 2.24) is 10.2 Å². The van der Waals surface area contributed by atoms with Crippen molar-refractivity contribution in [3.05, 3.63) is 58.7 Å². The van der Waals surface area contributed by atoms with Gasteiger partial charge in [-0.2, -0.15) is 0 Å². The van der Waals surface area contributed by atoms with E-state index in [0.717, 1.165) is 63.1 Å². The molecule has 43 heavy (non-hydrogen) atoms. The Hall–Kier alpha value is -1.95. The average molecular weight is 587 g/mol. The molecule has 2 aliphatic heterocycles. The van der Waals surface area contributed by atoms with Crippen LogP contribution in [0, 0.1) is 29.1 Å². The fraction of sp³-hybridized carbons (Fsp3) is 0.711. The van der Waals surface area contributed by atoms with Gasteiger partial charge < -0.3 is 15.2 Å². The highest BCUT2D eigenvalue weighted by molar-refractivity contribution is 5.76. The second kappa shape index (κ2) is 11.8. The Labute approximate surface area is 259 Å². The summed E-state index contributed by atoms with van der Waals surface area (Å²) in [6, 6.07) is 10.8. The van der Waals surface area contributed by atoms with E-state index in [1.165, 1.54) is 50.5 Å². The first kappa shape index (κ1) is 29.7. The second-order valence-corrected chi connectivity index (χ2v) is 15.4. The largest absolute Gasteiger partial charge is 0.389 e. The van der Waals surface area contributed by atoms with Gasteiger partial charge in [-0.05, 0) is 113 Å². The molecule has 4 aliphatic carbocycles. The number of amides is 1. The molecule has 1 aromatic rings. The number of aliphatic hydroxyl groups excluding tert-OH is 1. The summed E-state index contributed by atoms with van der Waals surface area (Å²) in [7, 11) is 0. The number of fused-ring (bicyclic) bond motifs is 6. The Morgan fingerprint density at radius 2 is 1.98 bits per heavy atom. The molecule has 234 valence electrons. The van der Waals surface area contributed by atoms with Gasteiger partial charge in [-0.25, -0.2) is 0 Å². The number of likely N-dealkylation sites (tertiary alicyclic amines) is 1. The van der Waals surface area contributed by atoms with Gasteiger partial charge in [0.25, 0.3) is 0 Å². The van der Waals surface area contributed by atoms with Crippen molar-refractivity contribution in [2.45, 2.75) is 122 Å². The molecule has 2 saturated heterocycles. The molecule has 5 heteroatoms. The normalized spacial score (nSPS) is 40.7. The first-order valence-electron chi connectivity index (χ1n) is 17.6. The molecule has 4 fully saturated rings. The number of piperidine rings is 1. The van der Waals surface area contributed by atoms with Crippen molar-refractivity contribution in [1.29, 1.82) is 0 Å². The molecule has 5 nitrogen and oxygen atoms in total. The molecular weight excluding hydrogens is 532 g/mol. The average Bonchev–Trinajstić information content (AvgIpc) is 3.47. The highest BCUT2D eigenvalue weighted by atomic mass is 16.5. The maximum Gasteiger partial charge on any atom is 0.220 e. The minimum atomic E-state index is -0.229. The van der Waals surface area contributed by atoms with Crippen LogP contribution in [0.1, 0.15) is 97.0 Å². The maximum atomic E-state index is 12.6. The van der Waals surface area contributed by atoms with Gasteiger partial charge in [-0.3, -0.25) is 9.69 Å². The summed E-state index contributed by atoms with van der Waals surface area (Å²) in [5.41, 5.74) is 6.42. The number of carbonyl (C=O) groups is 1. The number of rotatable bonds is 6. The van der Waals surface area contributed by atoms with E-state index in [4.69, 9.17) is 4.74 Å². The number of nitrogens with one attached hydrogen (secondary N) is 1. The number of allylic oxidation sites excluding steroid dienone is 2. The monoisotopic (exact) mass is 586 g/mol. The number of carbonyl (C=O) groups excluding carboxylic acids is 1. The molecule has 9 unspecified atom stereocenters. The first-order chi connectivity index (χ1) is 20.8. The summed E-state index contributed by atoms with van der Waals surface area (Å²) in [6.45, 7) is 10.2. The van der Waals surface area contributed by atoms with E-state index in [2.05, 4.69) is 49.2 Å². The fourth-order valence-corrected chi connectivity index (χ4v) is 11.0. The van der Waals surface area contributed by atoms with Crippen molar-refractivity contribution in [2.24, 2.45) is 29.1 Å². The lowest BCUT2D eigenvalue weighted by molar-refractivity contribution is -0.121. The molecule has 1 amide bonds. The first-order valence-corrected chi connectivity index (χ1v) is 17.6. The highest BCUT2D eigenvalue weighted by Crippen LogP contribution is 2.64. The van der Waals surface area contributed by atoms with Crippen LogP contribution in [0.5, 0.6) is 0 Å². The summed E-state index contributed by atoms with van der Waals surface area (Å²) in [4.78, 5) is 15.3. The van der Waals surface area contributed by atoms with Crippen LogP contribution in [0.4, 0.5) is 0 Å². The van der Waals surface area contributed by atoms with E-state index >= 15 is 0 Å². The van der Waals surface area contributed by atoms with Crippen LogP contribution in [0.15, 0.2) is 53.1 Å². The molecule has 7 rings (SSSR count). The third kappa shape index (κ3) is 5.36. The van der Waals surface area contributed by atoms with Gasteiger partial charge in [-0.1, -0.05) is 67.0 Å². The van der Waals surface area contributed by atoms with Crippen LogP contribution < -0.4 is 5.32 Å². The predicted molar refractivity (Wildman–Crippen MR) is 171 cm³/mol. The Bertz CT molecular complexity index is 1260. The summed E-state index contributed by atoms with van der Waals surface area (Å²) >= 11 is 0. The third-order valence-corrected chi connectivity index (χ3v) is 13.2. The van der Waals surface area contributed by atoms with Crippen LogP contribution in [-0.4, -0.2) is 59.4 Å². The number of benzene rings is 1. The molecule has 2 heterocycles. The van der Waals surface area contributed by atoms with Crippen LogP contribution >= 0.6 is 0 Å². The third-order valence-electron chi connectivity index (χ3n) is 13.2. The minimum absolute atomic E-state index is 0.0493. The quantitative estimate of drug-likeness (QED) is 0.369. The van der Waals surface area contributed by atoms with Crippen LogP contribution in [0.3, 0.4) is 0 Å². The molecule has 9 atom stereocenters. The molecule has 6 aliphatic rings. The number of hydrogen-bond acceptors (Lipinski definition) is 4. The highest BCUT2D eigenvalue weighted by Gasteiger charge is 2.59. The smallest absolute Gasteiger partial charge is 0.220 e. The van der Waals surface area contributed by atoms with Gasteiger partial charge >= 0.3 is 0 Å². The van der Waals surface area contributed by atoms with Gasteiger partial charge in [0.05, 0.1) is 17.8 Å². The number of aliphatic hydroxyl groups is 1. The molecule has 0 radical (unpaired) electrons. The summed E-state index contributed by atoms with van der Waals surface area (Å²) < 4.78 is 7.22. The lowest BCUT2D eigenvalue weighted by atomic mass is 9.56. The number of aryl methyl sites for hydroxylation is 1. The molecule has 2 saturated carbocycles. The lowest BCUT2D eigenvalue weighted by Gasteiger charge is -2.49. The topological polar surface area (TPSA) is 61.8 Å². The molecule has 0 aromatic heterocycles. The zero-order chi connectivity index (χ0) is 29.8. The standard InChI is InChI=1S/C38H54N2O3/c1-25-24-38(18-16-30-31-13-12-28-22-29(41)15-17-37(28,3)33(31)23-32(25)30)26(2)36-34(43-38)10-7-20-40(36)21-19-39-35(42)14-11-27-8-5-4-6-9-27/h4-6,8-9,22,26,29-31,33-34,36,41H,7,10-21,23-24H2,1-3H3,(H,39,42). The van der Waals surface area contributed by atoms with E-state index in [1.807, 2.05) is 18.2 Å². The fourth-order valence-electron chi connectivity index (χ4n) is 11.0. The maximum absolute atomic E-state index is 12.6. The molecule has 2 N–H and O–H groups in total. The van der Waals surface area contributed by atoms with E-state index in [1.54, 1.807) is 16.7 Å². The van der Waals surface area contributed by atoms with Gasteiger partial charge in [0.15, 0.2) is 0 Å². The van der Waals surface area contributed by atoms with Crippen molar-refractivity contribution in [3.63, 3.8) is 0 Å². The van der Waals surface area contributed by atoms with Gasteiger partial charge in [0, 0.05) is 31.5 Å². The molecule has 1 spiro atoms. The van der Waals surface area contributed by atoms with E-state index in [9.17, 15) is 9.90 Å². The SMILES string of the molecule is CC1=C2CC3C(CCC4=CC(O)CCC43C)C2CCC2(C1)OC1CCCN(CCNC(=O)CCc3ccccc3)C1C2C. The summed E-state index contributed by atoms with van der Waals surface area (Å²) in [6.07, 6.45) is 15.4. The van der Waals surface area contributed by atoms with Gasteiger partial charge in [0.2, 0.25) is 5.91 Å². The van der Waals surface area contributed by atoms with Gasteiger partial charge in [0.1, 0.15) is 0 Å². The summed E-state index contributed by atoms with van der Waals surface area (Å²) in [5, 5.41) is 13.6. The van der Waals surface area contributed by atoms with Crippen molar-refractivity contribution >= 4 is 5.91 Å². The van der Waals surface area contributed by atoms with E-state index in [-0.39, 0.29) is 23.0 Å². The Balaban J connectivity index is 1.01. The van der Waals surface area contributed by atoms with Crippen molar-refractivity contribution < 1.29 is 14.6 Å². The Morgan fingerprint density at radius 1 is 1.14 bits per heavy atom. The van der Waals surface area contributed by atoms with Crippen molar-refractivity contribution in [2.75, 3.05) is 19.6 Å². The Kier molecular flexibility index (Phi) is 8.14. The zero-order valence-corrected chi connectivity index (χ0v) is 26.8. The Morgan fingerprint density at radius 3 is 2.81 bits per heavy atom. The van der Waals surface area contributed by atoms with Crippen molar-refractivity contribution in [3.8, 4) is 0 Å². The van der Waals surface area contributed by atoms with Crippen LogP contribution in [0.25, 0.3) is 0 Å². The molecule has 0 bridgehead atoms. The summed E-state index contributed by atoms with van der Waals surface area (Å²) in [5.74, 6) is 2.90. The predicted octanol–water partition coefficient (Wildman–Crippen LogP) is 6.61. The molecular formula is C38H54N2O3. The van der Waals surface area contributed by atoms with Gasteiger partial charge in [-0.15, -0.1) is 0 Å². The molecule has 1 aromatic carbocycles. The number of hydrogen-bond donors (Lipinski definition) is 2. The van der Waals surface area contributed by atoms with E-state index < -0.39 is 0 Å². The minimum Gasteiger partial charge on any atom is -0.389 e. The number of ether oxygens (including phenoxy) is 1. The lowest BCUT2D eigenvalue weighted by Crippen LogP contribution is -2.51. The van der Waals surface area contributed by atoms with Crippen LogP contribution in [-0.2, 0) is 16.0 Å². The zero-order valence-electron chi connectivity index (χ0n) is 26.8. The second-order valence-electron chi connectivity index (χ2n) is 15.4.